The van der Waals surface area contributed by atoms with E-state index in [1.807, 2.05) is 24.3 Å². The molecule has 0 fully saturated rings. The largest absolute Gasteiger partial charge is 0.395 e. The second kappa shape index (κ2) is 8.85. The fourth-order valence-corrected chi connectivity index (χ4v) is 2.89. The van der Waals surface area contributed by atoms with Crippen LogP contribution in [0.2, 0.25) is 5.02 Å². The van der Waals surface area contributed by atoms with Crippen molar-refractivity contribution in [1.82, 2.24) is 9.88 Å². The van der Waals surface area contributed by atoms with Crippen molar-refractivity contribution in [1.29, 1.82) is 0 Å². The van der Waals surface area contributed by atoms with E-state index in [1.54, 1.807) is 11.1 Å². The molecule has 1 heterocycles. The molecule has 5 nitrogen and oxygen atoms in total. The Morgan fingerprint density at radius 1 is 1.38 bits per heavy atom. The standard InChI is InChI=1S/C18H24ClN3O2/c1-13(4-3-9-22(10-11-23)14(2)24)21-17-7-8-20-18-12-15(19)5-6-16(17)18/h5-8,12-13,23H,3-4,9-11H2,1-2H3,(H,20,21). The maximum atomic E-state index is 11.5. The van der Waals surface area contributed by atoms with Crippen LogP contribution in [0.25, 0.3) is 10.9 Å². The first-order chi connectivity index (χ1) is 11.5. The molecule has 0 saturated carbocycles. The first-order valence-corrected chi connectivity index (χ1v) is 8.56. The average molecular weight is 350 g/mol. The van der Waals surface area contributed by atoms with Crippen LogP contribution in [0.1, 0.15) is 26.7 Å². The second-order valence-corrected chi connectivity index (χ2v) is 6.37. The van der Waals surface area contributed by atoms with Gasteiger partial charge in [-0.05, 0) is 44.0 Å². The van der Waals surface area contributed by atoms with Crippen LogP contribution in [0, 0.1) is 0 Å². The molecule has 1 aromatic carbocycles. The molecule has 1 aromatic heterocycles. The van der Waals surface area contributed by atoms with Crippen LogP contribution in [0.3, 0.4) is 0 Å². The number of carbonyl (C=O) groups is 1. The number of fused-ring (bicyclic) bond motifs is 1. The number of hydrogen-bond acceptors (Lipinski definition) is 4. The van der Waals surface area contributed by atoms with E-state index in [-0.39, 0.29) is 18.6 Å². The smallest absolute Gasteiger partial charge is 0.219 e. The summed E-state index contributed by atoms with van der Waals surface area (Å²) in [5, 5.41) is 14.2. The van der Waals surface area contributed by atoms with E-state index in [9.17, 15) is 4.79 Å². The lowest BCUT2D eigenvalue weighted by atomic mass is 10.1. The predicted molar refractivity (Wildman–Crippen MR) is 98.4 cm³/mol. The van der Waals surface area contributed by atoms with Gasteiger partial charge >= 0.3 is 0 Å². The molecule has 1 atom stereocenters. The molecule has 0 aliphatic rings. The number of pyridine rings is 1. The summed E-state index contributed by atoms with van der Waals surface area (Å²) in [4.78, 5) is 17.5. The van der Waals surface area contributed by atoms with Gasteiger partial charge in [0, 0.05) is 48.3 Å². The fourth-order valence-electron chi connectivity index (χ4n) is 2.72. The van der Waals surface area contributed by atoms with Gasteiger partial charge in [0.25, 0.3) is 0 Å². The van der Waals surface area contributed by atoms with Gasteiger partial charge in [0.2, 0.25) is 5.91 Å². The zero-order valence-corrected chi connectivity index (χ0v) is 14.9. The van der Waals surface area contributed by atoms with Gasteiger partial charge in [-0.3, -0.25) is 9.78 Å². The third-order valence-electron chi connectivity index (χ3n) is 3.99. The summed E-state index contributed by atoms with van der Waals surface area (Å²) in [6.07, 6.45) is 3.57. The Balaban J connectivity index is 1.93. The summed E-state index contributed by atoms with van der Waals surface area (Å²) in [6, 6.07) is 7.90. The molecule has 1 unspecified atom stereocenters. The minimum absolute atomic E-state index is 0.00104. The Hall–Kier alpha value is -1.85. The summed E-state index contributed by atoms with van der Waals surface area (Å²) in [5.41, 5.74) is 1.90. The summed E-state index contributed by atoms with van der Waals surface area (Å²) in [5.74, 6) is 0.00155. The molecule has 130 valence electrons. The molecule has 0 radical (unpaired) electrons. The minimum atomic E-state index is -0.00104. The van der Waals surface area contributed by atoms with Gasteiger partial charge in [-0.15, -0.1) is 0 Å². The Bertz CT molecular complexity index is 693. The number of aliphatic hydroxyl groups is 1. The molecular weight excluding hydrogens is 326 g/mol. The van der Waals surface area contributed by atoms with E-state index >= 15 is 0 Å². The molecule has 6 heteroatoms. The van der Waals surface area contributed by atoms with E-state index in [2.05, 4.69) is 17.2 Å². The Morgan fingerprint density at radius 3 is 2.88 bits per heavy atom. The lowest BCUT2D eigenvalue weighted by Crippen LogP contribution is -2.33. The van der Waals surface area contributed by atoms with Crippen molar-refractivity contribution in [2.45, 2.75) is 32.7 Å². The van der Waals surface area contributed by atoms with E-state index in [4.69, 9.17) is 16.7 Å². The first-order valence-electron chi connectivity index (χ1n) is 8.18. The van der Waals surface area contributed by atoms with Crippen LogP contribution in [0.15, 0.2) is 30.5 Å². The summed E-state index contributed by atoms with van der Waals surface area (Å²) in [6.45, 7) is 4.71. The van der Waals surface area contributed by atoms with Crippen molar-refractivity contribution in [3.63, 3.8) is 0 Å². The quantitative estimate of drug-likeness (QED) is 0.767. The number of aromatic nitrogens is 1. The van der Waals surface area contributed by atoms with Gasteiger partial charge in [0.05, 0.1) is 12.1 Å². The van der Waals surface area contributed by atoms with Gasteiger partial charge in [0.1, 0.15) is 0 Å². The van der Waals surface area contributed by atoms with Crippen LogP contribution >= 0.6 is 11.6 Å². The third kappa shape index (κ3) is 5.08. The highest BCUT2D eigenvalue weighted by Crippen LogP contribution is 2.25. The molecule has 0 aliphatic heterocycles. The van der Waals surface area contributed by atoms with E-state index in [1.165, 1.54) is 6.92 Å². The van der Waals surface area contributed by atoms with Gasteiger partial charge in [-0.25, -0.2) is 0 Å². The third-order valence-corrected chi connectivity index (χ3v) is 4.22. The molecule has 0 bridgehead atoms. The van der Waals surface area contributed by atoms with Gasteiger partial charge in [0.15, 0.2) is 0 Å². The molecule has 1 amide bonds. The lowest BCUT2D eigenvalue weighted by molar-refractivity contribution is -0.129. The molecular formula is C18H24ClN3O2. The van der Waals surface area contributed by atoms with Crippen molar-refractivity contribution in [2.24, 2.45) is 0 Å². The SMILES string of the molecule is CC(=O)N(CCO)CCCC(C)Nc1ccnc2cc(Cl)ccc12. The second-order valence-electron chi connectivity index (χ2n) is 5.94. The van der Waals surface area contributed by atoms with Gasteiger partial charge in [-0.1, -0.05) is 11.6 Å². The Labute approximate surface area is 147 Å². The maximum Gasteiger partial charge on any atom is 0.219 e. The first kappa shape index (κ1) is 18.5. The molecule has 0 saturated heterocycles. The van der Waals surface area contributed by atoms with Crippen molar-refractivity contribution in [3.05, 3.63) is 35.5 Å². The average Bonchev–Trinajstić information content (AvgIpc) is 2.53. The highest BCUT2D eigenvalue weighted by molar-refractivity contribution is 6.31. The molecule has 2 rings (SSSR count). The number of nitrogens with zero attached hydrogens (tertiary/aromatic N) is 2. The fraction of sp³-hybridized carbons (Fsp3) is 0.444. The summed E-state index contributed by atoms with van der Waals surface area (Å²) in [7, 11) is 0. The highest BCUT2D eigenvalue weighted by Gasteiger charge is 2.10. The molecule has 24 heavy (non-hydrogen) atoms. The van der Waals surface area contributed by atoms with Crippen LogP contribution in [-0.2, 0) is 4.79 Å². The van der Waals surface area contributed by atoms with Crippen molar-refractivity contribution < 1.29 is 9.90 Å². The van der Waals surface area contributed by atoms with E-state index < -0.39 is 0 Å². The normalized spacial score (nSPS) is 12.2. The number of aliphatic hydroxyl groups excluding tert-OH is 1. The lowest BCUT2D eigenvalue weighted by Gasteiger charge is -2.22. The topological polar surface area (TPSA) is 65.5 Å². The van der Waals surface area contributed by atoms with Gasteiger partial charge in [-0.2, -0.15) is 0 Å². The number of anilines is 1. The van der Waals surface area contributed by atoms with Crippen LogP contribution in [-0.4, -0.2) is 46.6 Å². The highest BCUT2D eigenvalue weighted by atomic mass is 35.5. The molecule has 0 aliphatic carbocycles. The van der Waals surface area contributed by atoms with E-state index in [0.717, 1.165) is 29.4 Å². The van der Waals surface area contributed by atoms with Crippen LogP contribution in [0.4, 0.5) is 5.69 Å². The van der Waals surface area contributed by atoms with Crippen molar-refractivity contribution in [3.8, 4) is 0 Å². The number of hydrogen-bond donors (Lipinski definition) is 2. The molecule has 0 spiro atoms. The van der Waals surface area contributed by atoms with Crippen LogP contribution < -0.4 is 5.32 Å². The molecule has 2 N–H and O–H groups in total. The zero-order chi connectivity index (χ0) is 17.5. The summed E-state index contributed by atoms with van der Waals surface area (Å²) < 4.78 is 0. The minimum Gasteiger partial charge on any atom is -0.395 e. The van der Waals surface area contributed by atoms with E-state index in [0.29, 0.717) is 18.1 Å². The number of nitrogens with one attached hydrogen (secondary N) is 1. The number of carbonyl (C=O) groups excluding carboxylic acids is 1. The monoisotopic (exact) mass is 349 g/mol. The number of benzene rings is 1. The van der Waals surface area contributed by atoms with Crippen molar-refractivity contribution in [2.75, 3.05) is 25.0 Å². The number of amides is 1. The van der Waals surface area contributed by atoms with Crippen molar-refractivity contribution >= 4 is 34.1 Å². The Kier molecular flexibility index (Phi) is 6.82. The Morgan fingerprint density at radius 2 is 2.17 bits per heavy atom. The van der Waals surface area contributed by atoms with Crippen LogP contribution in [0.5, 0.6) is 0 Å². The van der Waals surface area contributed by atoms with Gasteiger partial charge < -0.3 is 15.3 Å². The number of rotatable bonds is 8. The molecule has 2 aromatic rings. The maximum absolute atomic E-state index is 11.5. The zero-order valence-electron chi connectivity index (χ0n) is 14.1. The summed E-state index contributed by atoms with van der Waals surface area (Å²) >= 11 is 6.02. The number of halogens is 1. The predicted octanol–water partition coefficient (Wildman–Crippen LogP) is 3.31.